The highest BCUT2D eigenvalue weighted by Gasteiger charge is 2.27. The summed E-state index contributed by atoms with van der Waals surface area (Å²) in [4.78, 5) is 33.5. The van der Waals surface area contributed by atoms with Gasteiger partial charge in [-0.25, -0.2) is 9.97 Å². The summed E-state index contributed by atoms with van der Waals surface area (Å²) in [5, 5.41) is 20.4. The van der Waals surface area contributed by atoms with Crippen LogP contribution < -0.4 is 15.4 Å². The minimum absolute atomic E-state index is 0.227. The normalized spacial score (nSPS) is 13.4. The molecule has 1 amide bonds. The molecular formula is C25H30N6O4. The number of carboxylic acid groups (broad SMARTS) is 1. The van der Waals surface area contributed by atoms with Crippen LogP contribution in [0.2, 0.25) is 0 Å². The first-order chi connectivity index (χ1) is 17.0. The van der Waals surface area contributed by atoms with Crippen molar-refractivity contribution in [1.82, 2.24) is 25.1 Å². The van der Waals surface area contributed by atoms with Gasteiger partial charge in [-0.1, -0.05) is 12.1 Å². The molecule has 0 spiro atoms. The van der Waals surface area contributed by atoms with Gasteiger partial charge in [0.25, 0.3) is 5.91 Å². The van der Waals surface area contributed by atoms with Crippen LogP contribution in [0.5, 0.6) is 5.88 Å². The minimum Gasteiger partial charge on any atom is -0.481 e. The number of carboxylic acids is 1. The van der Waals surface area contributed by atoms with Crippen LogP contribution >= 0.6 is 0 Å². The van der Waals surface area contributed by atoms with E-state index in [0.29, 0.717) is 42.2 Å². The SMILES string of the molecule is CCNC(=O)c1cn(CCc2ccc3c(n2)NCCC3)nc1C(CC(=O)O)c1ccc(OC)nc1. The lowest BCUT2D eigenvalue weighted by Crippen LogP contribution is -2.24. The van der Waals surface area contributed by atoms with E-state index in [1.54, 1.807) is 29.2 Å². The first-order valence-electron chi connectivity index (χ1n) is 11.8. The molecule has 1 unspecified atom stereocenters. The number of nitrogens with one attached hydrogen (secondary N) is 2. The number of ether oxygens (including phenoxy) is 1. The number of methoxy groups -OCH3 is 1. The van der Waals surface area contributed by atoms with Gasteiger partial charge < -0.3 is 20.5 Å². The summed E-state index contributed by atoms with van der Waals surface area (Å²) in [7, 11) is 1.51. The molecule has 1 atom stereocenters. The van der Waals surface area contributed by atoms with Crippen LogP contribution in [0.3, 0.4) is 0 Å². The second-order valence-electron chi connectivity index (χ2n) is 8.43. The van der Waals surface area contributed by atoms with Crippen molar-refractivity contribution in [2.45, 2.75) is 45.1 Å². The Kier molecular flexibility index (Phi) is 7.59. The van der Waals surface area contributed by atoms with Gasteiger partial charge in [0.15, 0.2) is 0 Å². The number of aromatic nitrogens is 4. The zero-order chi connectivity index (χ0) is 24.8. The van der Waals surface area contributed by atoms with Gasteiger partial charge in [0.05, 0.1) is 24.8 Å². The molecule has 4 rings (SSSR count). The number of anilines is 1. The van der Waals surface area contributed by atoms with E-state index in [-0.39, 0.29) is 12.3 Å². The fourth-order valence-corrected chi connectivity index (χ4v) is 4.24. The van der Waals surface area contributed by atoms with Crippen LogP contribution in [0.1, 0.15) is 58.6 Å². The average Bonchev–Trinajstić information content (AvgIpc) is 3.30. The van der Waals surface area contributed by atoms with Crippen molar-refractivity contribution in [2.75, 3.05) is 25.5 Å². The van der Waals surface area contributed by atoms with E-state index >= 15 is 0 Å². The van der Waals surface area contributed by atoms with E-state index in [9.17, 15) is 14.7 Å². The zero-order valence-electron chi connectivity index (χ0n) is 20.0. The lowest BCUT2D eigenvalue weighted by molar-refractivity contribution is -0.137. The lowest BCUT2D eigenvalue weighted by Gasteiger charge is -2.17. The fraction of sp³-hybridized carbons (Fsp3) is 0.400. The fourth-order valence-electron chi connectivity index (χ4n) is 4.24. The Balaban J connectivity index is 1.63. The van der Waals surface area contributed by atoms with Gasteiger partial charge >= 0.3 is 5.97 Å². The van der Waals surface area contributed by atoms with E-state index in [4.69, 9.17) is 9.72 Å². The van der Waals surface area contributed by atoms with Crippen LogP contribution in [0.25, 0.3) is 0 Å². The molecule has 0 bridgehead atoms. The van der Waals surface area contributed by atoms with Gasteiger partial charge in [-0.15, -0.1) is 0 Å². The first-order valence-corrected chi connectivity index (χ1v) is 11.8. The summed E-state index contributed by atoms with van der Waals surface area (Å²) >= 11 is 0. The number of hydrogen-bond donors (Lipinski definition) is 3. The van der Waals surface area contributed by atoms with Gasteiger partial charge in [-0.3, -0.25) is 14.3 Å². The lowest BCUT2D eigenvalue weighted by atomic mass is 9.91. The predicted octanol–water partition coefficient (Wildman–Crippen LogP) is 2.64. The summed E-state index contributed by atoms with van der Waals surface area (Å²) in [6, 6.07) is 7.56. The van der Waals surface area contributed by atoms with Crippen LogP contribution in [-0.2, 0) is 24.2 Å². The second kappa shape index (κ2) is 11.0. The molecule has 0 aliphatic carbocycles. The third-order valence-electron chi connectivity index (χ3n) is 6.00. The molecule has 1 aliphatic heterocycles. The molecule has 0 aromatic carbocycles. The van der Waals surface area contributed by atoms with Crippen LogP contribution in [0.15, 0.2) is 36.7 Å². The molecule has 0 saturated heterocycles. The summed E-state index contributed by atoms with van der Waals surface area (Å²) in [5.74, 6) is -0.568. The zero-order valence-corrected chi connectivity index (χ0v) is 20.0. The molecule has 10 nitrogen and oxygen atoms in total. The monoisotopic (exact) mass is 478 g/mol. The van der Waals surface area contributed by atoms with E-state index in [2.05, 4.69) is 26.8 Å². The van der Waals surface area contributed by atoms with Crippen molar-refractivity contribution >= 4 is 17.7 Å². The maximum atomic E-state index is 12.9. The van der Waals surface area contributed by atoms with Crippen molar-refractivity contribution in [1.29, 1.82) is 0 Å². The maximum Gasteiger partial charge on any atom is 0.304 e. The number of hydrogen-bond acceptors (Lipinski definition) is 7. The van der Waals surface area contributed by atoms with Crippen molar-refractivity contribution in [3.63, 3.8) is 0 Å². The third-order valence-corrected chi connectivity index (χ3v) is 6.00. The molecule has 0 radical (unpaired) electrons. The van der Waals surface area contributed by atoms with E-state index in [0.717, 1.165) is 30.9 Å². The number of aryl methyl sites for hydroxylation is 3. The highest BCUT2D eigenvalue weighted by Crippen LogP contribution is 2.30. The molecule has 3 aromatic heterocycles. The Bertz CT molecular complexity index is 1190. The average molecular weight is 479 g/mol. The van der Waals surface area contributed by atoms with Gasteiger partial charge in [0, 0.05) is 56.1 Å². The Hall–Kier alpha value is -3.95. The van der Waals surface area contributed by atoms with E-state index < -0.39 is 11.9 Å². The standard InChI is InChI=1S/C25H30N6O4/c1-3-26-25(34)20-15-31(12-10-18-8-6-16-5-4-11-27-24(16)29-18)30-23(20)19(13-22(32)33)17-7-9-21(35-2)28-14-17/h6-9,14-15,19H,3-5,10-13H2,1-2H3,(H,26,34)(H,27,29)(H,32,33). The maximum absolute atomic E-state index is 12.9. The Morgan fingerprint density at radius 3 is 2.86 bits per heavy atom. The molecular weight excluding hydrogens is 448 g/mol. The molecule has 35 heavy (non-hydrogen) atoms. The van der Waals surface area contributed by atoms with Gasteiger partial charge in [-0.05, 0) is 37.0 Å². The molecule has 10 heteroatoms. The Labute approximate surface area is 203 Å². The predicted molar refractivity (Wildman–Crippen MR) is 130 cm³/mol. The van der Waals surface area contributed by atoms with Crippen molar-refractivity contribution in [3.05, 3.63) is 64.7 Å². The highest BCUT2D eigenvalue weighted by molar-refractivity contribution is 5.95. The topological polar surface area (TPSA) is 131 Å². The number of pyridine rings is 2. The number of aliphatic carboxylic acids is 1. The van der Waals surface area contributed by atoms with Gasteiger partial charge in [-0.2, -0.15) is 5.10 Å². The molecule has 3 aromatic rings. The number of amides is 1. The molecule has 3 N–H and O–H groups in total. The number of nitrogens with zero attached hydrogens (tertiary/aromatic N) is 4. The minimum atomic E-state index is -0.993. The van der Waals surface area contributed by atoms with E-state index in [1.807, 2.05) is 13.0 Å². The van der Waals surface area contributed by atoms with Crippen molar-refractivity contribution in [2.24, 2.45) is 0 Å². The quantitative estimate of drug-likeness (QED) is 0.405. The molecule has 1 aliphatic rings. The third kappa shape index (κ3) is 5.76. The summed E-state index contributed by atoms with van der Waals surface area (Å²) in [6.45, 7) is 3.70. The Morgan fingerprint density at radius 2 is 2.14 bits per heavy atom. The van der Waals surface area contributed by atoms with Crippen LogP contribution in [0, 0.1) is 0 Å². The smallest absolute Gasteiger partial charge is 0.304 e. The molecule has 0 saturated carbocycles. The number of carbonyl (C=O) groups is 2. The molecule has 4 heterocycles. The number of carbonyl (C=O) groups excluding carboxylic acids is 1. The van der Waals surface area contributed by atoms with Crippen LogP contribution in [0.4, 0.5) is 5.82 Å². The van der Waals surface area contributed by atoms with Crippen molar-refractivity contribution in [3.8, 4) is 5.88 Å². The highest BCUT2D eigenvalue weighted by atomic mass is 16.5. The van der Waals surface area contributed by atoms with Gasteiger partial charge in [0.1, 0.15) is 5.82 Å². The van der Waals surface area contributed by atoms with E-state index in [1.165, 1.54) is 12.7 Å². The number of rotatable bonds is 10. The molecule has 184 valence electrons. The largest absolute Gasteiger partial charge is 0.481 e. The van der Waals surface area contributed by atoms with Gasteiger partial charge in [0.2, 0.25) is 5.88 Å². The summed E-state index contributed by atoms with van der Waals surface area (Å²) < 4.78 is 6.82. The van der Waals surface area contributed by atoms with Crippen molar-refractivity contribution < 1.29 is 19.4 Å². The Morgan fingerprint density at radius 1 is 1.29 bits per heavy atom. The first kappa shape index (κ1) is 24.2. The molecule has 0 fully saturated rings. The number of fused-ring (bicyclic) bond motifs is 1. The summed E-state index contributed by atoms with van der Waals surface area (Å²) in [6.07, 6.45) is 5.78. The second-order valence-corrected chi connectivity index (χ2v) is 8.43. The van der Waals surface area contributed by atoms with Crippen LogP contribution in [-0.4, -0.2) is 56.9 Å². The summed E-state index contributed by atoms with van der Waals surface area (Å²) in [5.41, 5.74) is 3.56.